The number of thiazole rings is 1. The van der Waals surface area contributed by atoms with Gasteiger partial charge in [0, 0.05) is 18.1 Å². The van der Waals surface area contributed by atoms with Crippen molar-refractivity contribution in [1.82, 2.24) is 15.0 Å². The first-order chi connectivity index (χ1) is 15.2. The molecule has 2 aliphatic rings. The molecule has 2 aromatic rings. The number of aromatic nitrogens is 3. The van der Waals surface area contributed by atoms with Gasteiger partial charge in [-0.15, -0.1) is 11.3 Å². The molecule has 2 aromatic heterocycles. The predicted octanol–water partition coefficient (Wildman–Crippen LogP) is 5.06. The lowest BCUT2D eigenvalue weighted by atomic mass is 9.74. The van der Waals surface area contributed by atoms with E-state index < -0.39 is 17.3 Å². The summed E-state index contributed by atoms with van der Waals surface area (Å²) in [6.45, 7) is 2.02. The van der Waals surface area contributed by atoms with Crippen molar-refractivity contribution in [1.29, 1.82) is 0 Å². The molecule has 0 bridgehead atoms. The Morgan fingerprint density at radius 1 is 1.25 bits per heavy atom. The molecule has 1 amide bonds. The monoisotopic (exact) mass is 463 g/mol. The van der Waals surface area contributed by atoms with Gasteiger partial charge < -0.3 is 11.1 Å². The first-order valence-electron chi connectivity index (χ1n) is 10.5. The largest absolute Gasteiger partial charge is 0.433 e. The second kappa shape index (κ2) is 8.65. The molecule has 0 saturated heterocycles. The molecule has 1 saturated carbocycles. The number of hydrogen-bond acceptors (Lipinski definition) is 6. The van der Waals surface area contributed by atoms with Gasteiger partial charge >= 0.3 is 6.18 Å². The molecule has 2 heterocycles. The summed E-state index contributed by atoms with van der Waals surface area (Å²) in [4.78, 5) is 25.3. The zero-order chi connectivity index (χ0) is 22.9. The fraction of sp³-hybridized carbons (Fsp3) is 0.455. The van der Waals surface area contributed by atoms with E-state index in [1.54, 1.807) is 6.20 Å². The van der Waals surface area contributed by atoms with Crippen molar-refractivity contribution in [3.8, 4) is 0 Å². The number of amides is 1. The maximum atomic E-state index is 13.0. The summed E-state index contributed by atoms with van der Waals surface area (Å²) in [5.41, 5.74) is 5.71. The number of anilines is 1. The van der Waals surface area contributed by atoms with E-state index in [4.69, 9.17) is 5.73 Å². The van der Waals surface area contributed by atoms with Crippen LogP contribution in [0.3, 0.4) is 0 Å². The smallest absolute Gasteiger partial charge is 0.369 e. The second-order valence-corrected chi connectivity index (χ2v) is 9.43. The third-order valence-corrected chi connectivity index (χ3v) is 7.23. The van der Waals surface area contributed by atoms with Crippen LogP contribution in [0.4, 0.5) is 19.1 Å². The molecule has 10 heteroatoms. The zero-order valence-electron chi connectivity index (χ0n) is 17.6. The van der Waals surface area contributed by atoms with Gasteiger partial charge in [-0.2, -0.15) is 13.2 Å². The average molecular weight is 464 g/mol. The van der Waals surface area contributed by atoms with Crippen LogP contribution in [0.25, 0.3) is 5.57 Å². The molecule has 4 rings (SSSR count). The van der Waals surface area contributed by atoms with Crippen LogP contribution in [0.1, 0.15) is 61.0 Å². The number of carbonyl (C=O) groups is 1. The Bertz CT molecular complexity index is 1070. The molecule has 1 atom stereocenters. The Labute approximate surface area is 187 Å². The minimum Gasteiger partial charge on any atom is -0.369 e. The van der Waals surface area contributed by atoms with E-state index in [1.165, 1.54) is 11.3 Å². The van der Waals surface area contributed by atoms with Crippen LogP contribution in [0, 0.1) is 5.92 Å². The van der Waals surface area contributed by atoms with Gasteiger partial charge in [0.2, 0.25) is 11.9 Å². The Hall–Kier alpha value is -2.75. The van der Waals surface area contributed by atoms with Crippen molar-refractivity contribution >= 4 is 28.8 Å². The van der Waals surface area contributed by atoms with Gasteiger partial charge in [-0.05, 0) is 42.9 Å². The Balaban J connectivity index is 1.59. The summed E-state index contributed by atoms with van der Waals surface area (Å²) in [5.74, 6) is -0.294. The molecule has 0 aliphatic heterocycles. The van der Waals surface area contributed by atoms with E-state index in [1.807, 2.05) is 19.1 Å². The fourth-order valence-electron chi connectivity index (χ4n) is 4.33. The zero-order valence-corrected chi connectivity index (χ0v) is 18.4. The van der Waals surface area contributed by atoms with Crippen LogP contribution < -0.4 is 11.1 Å². The van der Waals surface area contributed by atoms with Gasteiger partial charge in [0.25, 0.3) is 0 Å². The van der Waals surface area contributed by atoms with Crippen molar-refractivity contribution < 1.29 is 18.0 Å². The molecule has 32 heavy (non-hydrogen) atoms. The lowest BCUT2D eigenvalue weighted by Crippen LogP contribution is -2.42. The molecular formula is C22H24F3N5OS. The maximum absolute atomic E-state index is 13.0. The Morgan fingerprint density at radius 3 is 2.69 bits per heavy atom. The van der Waals surface area contributed by atoms with Crippen LogP contribution in [0.2, 0.25) is 0 Å². The third kappa shape index (κ3) is 4.55. The van der Waals surface area contributed by atoms with E-state index in [0.717, 1.165) is 53.4 Å². The molecule has 1 unspecified atom stereocenters. The molecule has 6 nitrogen and oxygen atoms in total. The van der Waals surface area contributed by atoms with Crippen LogP contribution >= 0.6 is 11.3 Å². The number of hydrogen-bond donors (Lipinski definition) is 2. The normalized spacial score (nSPS) is 20.9. The number of nitrogens with one attached hydrogen (secondary N) is 1. The summed E-state index contributed by atoms with van der Waals surface area (Å²) < 4.78 is 38.9. The van der Waals surface area contributed by atoms with Gasteiger partial charge in [0.1, 0.15) is 16.1 Å². The van der Waals surface area contributed by atoms with E-state index in [9.17, 15) is 18.0 Å². The SMILES string of the molecule is CC1C=C(Nc2nccc(C(F)(F)F)n2)C=C(c2cnc(C3(C(N)=O)CCCCC3)s2)C1. The van der Waals surface area contributed by atoms with E-state index in [2.05, 4.69) is 20.3 Å². The van der Waals surface area contributed by atoms with E-state index in [0.29, 0.717) is 18.5 Å². The van der Waals surface area contributed by atoms with Gasteiger partial charge in [-0.3, -0.25) is 4.79 Å². The second-order valence-electron chi connectivity index (χ2n) is 8.40. The molecular weight excluding hydrogens is 439 g/mol. The predicted molar refractivity (Wildman–Crippen MR) is 117 cm³/mol. The van der Waals surface area contributed by atoms with Crippen molar-refractivity contribution in [3.63, 3.8) is 0 Å². The topological polar surface area (TPSA) is 93.8 Å². The molecule has 0 aromatic carbocycles. The van der Waals surface area contributed by atoms with E-state index >= 15 is 0 Å². The third-order valence-electron chi connectivity index (χ3n) is 5.95. The molecule has 0 spiro atoms. The maximum Gasteiger partial charge on any atom is 0.433 e. The molecule has 170 valence electrons. The minimum atomic E-state index is -4.54. The molecule has 0 radical (unpaired) electrons. The first-order valence-corrected chi connectivity index (χ1v) is 11.4. The number of carbonyl (C=O) groups excluding carboxylic acids is 1. The standard InChI is InChI=1S/C22H24F3N5OS/c1-13-9-14(11-15(10-13)29-20-27-8-5-17(30-20)22(23,24)25)16-12-28-19(32-16)21(18(26)31)6-3-2-4-7-21/h5,8,10-13H,2-4,6-7,9H2,1H3,(H2,26,31)(H,27,29,30). The molecule has 1 fully saturated rings. The molecule has 3 N–H and O–H groups in total. The summed E-state index contributed by atoms with van der Waals surface area (Å²) in [5, 5.41) is 3.64. The molecule has 2 aliphatic carbocycles. The van der Waals surface area contributed by atoms with Crippen LogP contribution in [-0.4, -0.2) is 20.9 Å². The van der Waals surface area contributed by atoms with Gasteiger partial charge in [0.15, 0.2) is 0 Å². The fourth-order valence-corrected chi connectivity index (χ4v) is 5.52. The average Bonchev–Trinajstić information content (AvgIpc) is 3.24. The van der Waals surface area contributed by atoms with Crippen molar-refractivity contribution in [2.45, 2.75) is 57.0 Å². The highest BCUT2D eigenvalue weighted by atomic mass is 32.1. The quantitative estimate of drug-likeness (QED) is 0.647. The highest BCUT2D eigenvalue weighted by molar-refractivity contribution is 7.13. The van der Waals surface area contributed by atoms with Gasteiger partial charge in [-0.25, -0.2) is 15.0 Å². The van der Waals surface area contributed by atoms with Crippen LogP contribution in [0.5, 0.6) is 0 Å². The number of allylic oxidation sites excluding steroid dienone is 3. The number of nitrogens with two attached hydrogens (primary N) is 1. The van der Waals surface area contributed by atoms with Crippen LogP contribution in [0.15, 0.2) is 36.3 Å². The van der Waals surface area contributed by atoms with Crippen molar-refractivity contribution in [2.24, 2.45) is 11.7 Å². The highest BCUT2D eigenvalue weighted by Crippen LogP contribution is 2.43. The summed E-state index contributed by atoms with van der Waals surface area (Å²) in [6, 6.07) is 0.836. The Kier molecular flexibility index (Phi) is 6.07. The lowest BCUT2D eigenvalue weighted by molar-refractivity contribution is -0.141. The Morgan fingerprint density at radius 2 is 2.00 bits per heavy atom. The van der Waals surface area contributed by atoms with Gasteiger partial charge in [-0.1, -0.05) is 32.3 Å². The number of rotatable bonds is 5. The number of alkyl halides is 3. The highest BCUT2D eigenvalue weighted by Gasteiger charge is 2.42. The number of primary amides is 1. The van der Waals surface area contributed by atoms with Crippen molar-refractivity contribution in [3.05, 3.63) is 51.9 Å². The summed E-state index contributed by atoms with van der Waals surface area (Å²) in [7, 11) is 0. The number of halogens is 3. The van der Waals surface area contributed by atoms with Gasteiger partial charge in [0.05, 0.1) is 4.88 Å². The minimum absolute atomic E-state index is 0.115. The number of nitrogens with zero attached hydrogens (tertiary/aromatic N) is 3. The van der Waals surface area contributed by atoms with Crippen LogP contribution in [-0.2, 0) is 16.4 Å². The first kappa shape index (κ1) is 22.4. The van der Waals surface area contributed by atoms with E-state index in [-0.39, 0.29) is 17.8 Å². The summed E-state index contributed by atoms with van der Waals surface area (Å²) >= 11 is 1.47. The van der Waals surface area contributed by atoms with Crippen molar-refractivity contribution in [2.75, 3.05) is 5.32 Å². The lowest BCUT2D eigenvalue weighted by Gasteiger charge is -2.32. The summed E-state index contributed by atoms with van der Waals surface area (Å²) in [6.07, 6.45) is 7.28.